The molecule has 0 bridgehead atoms. The highest BCUT2D eigenvalue weighted by atomic mass is 16.5. The first-order valence-corrected chi connectivity index (χ1v) is 6.78. The van der Waals surface area contributed by atoms with E-state index in [4.69, 9.17) is 4.52 Å². The van der Waals surface area contributed by atoms with E-state index >= 15 is 0 Å². The number of aromatic nitrogens is 2. The molecule has 4 nitrogen and oxygen atoms in total. The van der Waals surface area contributed by atoms with Crippen molar-refractivity contribution in [2.75, 3.05) is 0 Å². The van der Waals surface area contributed by atoms with Gasteiger partial charge in [0.25, 0.3) is 0 Å². The Balaban J connectivity index is 1.96. The fourth-order valence-corrected chi connectivity index (χ4v) is 1.82. The van der Waals surface area contributed by atoms with Crippen LogP contribution in [0.5, 0.6) is 0 Å². The van der Waals surface area contributed by atoms with Crippen LogP contribution in [0.3, 0.4) is 0 Å². The van der Waals surface area contributed by atoms with Crippen molar-refractivity contribution in [1.82, 2.24) is 15.5 Å². The Morgan fingerprint density at radius 2 is 2.11 bits per heavy atom. The Bertz CT molecular complexity index is 522. The SMILES string of the molecule is CCC(C)NCc1nc(Cc2ccccc2C)no1. The molecule has 0 radical (unpaired) electrons. The molecule has 2 rings (SSSR count). The monoisotopic (exact) mass is 259 g/mol. The first kappa shape index (κ1) is 13.7. The lowest BCUT2D eigenvalue weighted by Gasteiger charge is -2.07. The molecular weight excluding hydrogens is 238 g/mol. The second-order valence-corrected chi connectivity index (χ2v) is 4.90. The first-order valence-electron chi connectivity index (χ1n) is 6.78. The maximum Gasteiger partial charge on any atom is 0.240 e. The van der Waals surface area contributed by atoms with Gasteiger partial charge < -0.3 is 9.84 Å². The van der Waals surface area contributed by atoms with Gasteiger partial charge in [-0.1, -0.05) is 36.3 Å². The molecule has 1 aromatic heterocycles. The zero-order chi connectivity index (χ0) is 13.7. The third kappa shape index (κ3) is 3.89. The van der Waals surface area contributed by atoms with Crippen molar-refractivity contribution in [1.29, 1.82) is 0 Å². The summed E-state index contributed by atoms with van der Waals surface area (Å²) in [6.45, 7) is 7.02. The summed E-state index contributed by atoms with van der Waals surface area (Å²) in [7, 11) is 0. The molecule has 19 heavy (non-hydrogen) atoms. The number of nitrogens with one attached hydrogen (secondary N) is 1. The van der Waals surface area contributed by atoms with Crippen molar-refractivity contribution < 1.29 is 4.52 Å². The number of hydrogen-bond acceptors (Lipinski definition) is 4. The molecule has 2 aromatic rings. The molecule has 0 aliphatic rings. The van der Waals surface area contributed by atoms with E-state index in [0.29, 0.717) is 18.5 Å². The van der Waals surface area contributed by atoms with Crippen LogP contribution in [0.1, 0.15) is 43.1 Å². The Hall–Kier alpha value is -1.68. The smallest absolute Gasteiger partial charge is 0.240 e. The summed E-state index contributed by atoms with van der Waals surface area (Å²) in [6, 6.07) is 8.74. The minimum atomic E-state index is 0.465. The van der Waals surface area contributed by atoms with Crippen LogP contribution in [0.4, 0.5) is 0 Å². The Kier molecular flexibility index (Phi) is 4.68. The first-order chi connectivity index (χ1) is 9.19. The van der Waals surface area contributed by atoms with E-state index in [2.05, 4.69) is 48.4 Å². The summed E-state index contributed by atoms with van der Waals surface area (Å²) in [4.78, 5) is 4.41. The summed E-state index contributed by atoms with van der Waals surface area (Å²) in [5.74, 6) is 1.40. The van der Waals surface area contributed by atoms with E-state index in [1.165, 1.54) is 11.1 Å². The Morgan fingerprint density at radius 1 is 1.32 bits per heavy atom. The maximum absolute atomic E-state index is 5.25. The van der Waals surface area contributed by atoms with E-state index in [0.717, 1.165) is 18.7 Å². The van der Waals surface area contributed by atoms with Gasteiger partial charge in [-0.25, -0.2) is 0 Å². The highest BCUT2D eigenvalue weighted by molar-refractivity contribution is 5.27. The number of benzene rings is 1. The van der Waals surface area contributed by atoms with Crippen molar-refractivity contribution in [3.05, 3.63) is 47.1 Å². The molecule has 4 heteroatoms. The number of rotatable bonds is 6. The zero-order valence-electron chi connectivity index (χ0n) is 11.8. The third-order valence-electron chi connectivity index (χ3n) is 3.33. The standard InChI is InChI=1S/C15H21N3O/c1-4-12(3)16-10-15-17-14(18-19-15)9-13-8-6-5-7-11(13)2/h5-8,12,16H,4,9-10H2,1-3H3. The number of hydrogen-bond donors (Lipinski definition) is 1. The van der Waals surface area contributed by atoms with Gasteiger partial charge in [0, 0.05) is 12.5 Å². The number of nitrogens with zero attached hydrogens (tertiary/aromatic N) is 2. The van der Waals surface area contributed by atoms with Gasteiger partial charge in [-0.3, -0.25) is 0 Å². The van der Waals surface area contributed by atoms with E-state index in [-0.39, 0.29) is 0 Å². The lowest BCUT2D eigenvalue weighted by Crippen LogP contribution is -2.24. The van der Waals surface area contributed by atoms with Gasteiger partial charge in [-0.15, -0.1) is 0 Å². The Labute approximate surface area is 114 Å². The predicted octanol–water partition coefficient (Wildman–Crippen LogP) is 2.86. The van der Waals surface area contributed by atoms with Gasteiger partial charge in [0.1, 0.15) is 0 Å². The molecule has 0 saturated heterocycles. The van der Waals surface area contributed by atoms with Gasteiger partial charge in [0.15, 0.2) is 5.82 Å². The molecule has 1 aromatic carbocycles. The van der Waals surface area contributed by atoms with Gasteiger partial charge in [0.05, 0.1) is 6.54 Å². The molecule has 1 heterocycles. The highest BCUT2D eigenvalue weighted by Gasteiger charge is 2.09. The summed E-state index contributed by atoms with van der Waals surface area (Å²) in [5, 5.41) is 7.37. The van der Waals surface area contributed by atoms with Crippen LogP contribution in [0.15, 0.2) is 28.8 Å². The molecule has 0 amide bonds. The molecule has 0 aliphatic carbocycles. The zero-order valence-corrected chi connectivity index (χ0v) is 11.8. The second kappa shape index (κ2) is 6.48. The summed E-state index contributed by atoms with van der Waals surface area (Å²) in [6.07, 6.45) is 1.81. The van der Waals surface area contributed by atoms with Crippen LogP contribution in [0.2, 0.25) is 0 Å². The molecule has 102 valence electrons. The van der Waals surface area contributed by atoms with E-state index < -0.39 is 0 Å². The van der Waals surface area contributed by atoms with Crippen LogP contribution in [0, 0.1) is 6.92 Å². The van der Waals surface area contributed by atoms with Crippen molar-refractivity contribution in [2.24, 2.45) is 0 Å². The average Bonchev–Trinajstić information content (AvgIpc) is 2.86. The van der Waals surface area contributed by atoms with Gasteiger partial charge in [-0.05, 0) is 31.4 Å². The molecular formula is C15H21N3O. The van der Waals surface area contributed by atoms with Gasteiger partial charge in [-0.2, -0.15) is 4.98 Å². The van der Waals surface area contributed by atoms with Gasteiger partial charge >= 0.3 is 0 Å². The summed E-state index contributed by atoms with van der Waals surface area (Å²) >= 11 is 0. The number of aryl methyl sites for hydroxylation is 1. The second-order valence-electron chi connectivity index (χ2n) is 4.90. The van der Waals surface area contributed by atoms with Crippen molar-refractivity contribution in [3.8, 4) is 0 Å². The summed E-state index contributed by atoms with van der Waals surface area (Å²) < 4.78 is 5.25. The van der Waals surface area contributed by atoms with E-state index in [9.17, 15) is 0 Å². The predicted molar refractivity (Wildman–Crippen MR) is 74.9 cm³/mol. The fourth-order valence-electron chi connectivity index (χ4n) is 1.82. The fraction of sp³-hybridized carbons (Fsp3) is 0.467. The molecule has 0 fully saturated rings. The van der Waals surface area contributed by atoms with E-state index in [1.807, 2.05) is 12.1 Å². The highest BCUT2D eigenvalue weighted by Crippen LogP contribution is 2.11. The largest absolute Gasteiger partial charge is 0.338 e. The van der Waals surface area contributed by atoms with Crippen molar-refractivity contribution in [3.63, 3.8) is 0 Å². The lowest BCUT2D eigenvalue weighted by atomic mass is 10.1. The van der Waals surface area contributed by atoms with Crippen LogP contribution in [-0.4, -0.2) is 16.2 Å². The third-order valence-corrected chi connectivity index (χ3v) is 3.33. The lowest BCUT2D eigenvalue weighted by molar-refractivity contribution is 0.354. The Morgan fingerprint density at radius 3 is 2.84 bits per heavy atom. The molecule has 1 atom stereocenters. The topological polar surface area (TPSA) is 51.0 Å². The maximum atomic E-state index is 5.25. The average molecular weight is 259 g/mol. The minimum absolute atomic E-state index is 0.465. The van der Waals surface area contributed by atoms with Crippen LogP contribution < -0.4 is 5.32 Å². The quantitative estimate of drug-likeness (QED) is 0.866. The molecule has 0 spiro atoms. The molecule has 1 unspecified atom stereocenters. The van der Waals surface area contributed by atoms with Crippen LogP contribution in [-0.2, 0) is 13.0 Å². The van der Waals surface area contributed by atoms with Gasteiger partial charge in [0.2, 0.25) is 5.89 Å². The normalized spacial score (nSPS) is 12.6. The van der Waals surface area contributed by atoms with Crippen molar-refractivity contribution >= 4 is 0 Å². The molecule has 0 saturated carbocycles. The molecule has 0 aliphatic heterocycles. The van der Waals surface area contributed by atoms with Crippen LogP contribution >= 0.6 is 0 Å². The van der Waals surface area contributed by atoms with Crippen LogP contribution in [0.25, 0.3) is 0 Å². The summed E-state index contributed by atoms with van der Waals surface area (Å²) in [5.41, 5.74) is 2.50. The van der Waals surface area contributed by atoms with Crippen molar-refractivity contribution in [2.45, 2.75) is 46.2 Å². The van der Waals surface area contributed by atoms with E-state index in [1.54, 1.807) is 0 Å². The molecule has 1 N–H and O–H groups in total. The minimum Gasteiger partial charge on any atom is -0.338 e.